The molecule has 1 amide bonds. The third kappa shape index (κ3) is 4.80. The van der Waals surface area contributed by atoms with Crippen molar-refractivity contribution in [1.82, 2.24) is 0 Å². The van der Waals surface area contributed by atoms with Gasteiger partial charge in [0.1, 0.15) is 5.60 Å². The molecule has 5 heteroatoms. The van der Waals surface area contributed by atoms with Gasteiger partial charge in [-0.2, -0.15) is 0 Å². The zero-order valence-corrected chi connectivity index (χ0v) is 12.2. The molecule has 0 aromatic heterocycles. The maximum absolute atomic E-state index is 11.7. The monoisotopic (exact) mass is 280 g/mol. The Hall–Kier alpha value is -1.73. The lowest BCUT2D eigenvalue weighted by atomic mass is 10.1. The molecule has 0 saturated carbocycles. The van der Waals surface area contributed by atoms with Gasteiger partial charge in [-0.3, -0.25) is 5.32 Å². The summed E-state index contributed by atoms with van der Waals surface area (Å²) in [7, 11) is 0. The number of carbonyl (C=O) groups is 1. The van der Waals surface area contributed by atoms with Crippen molar-refractivity contribution in [2.24, 2.45) is 0 Å². The lowest BCUT2D eigenvalue weighted by molar-refractivity contribution is 0.0636. The van der Waals surface area contributed by atoms with Crippen molar-refractivity contribution in [2.45, 2.75) is 39.3 Å². The van der Waals surface area contributed by atoms with Crippen LogP contribution in [0.5, 0.6) is 0 Å². The van der Waals surface area contributed by atoms with Gasteiger partial charge in [0.15, 0.2) is 0 Å². The highest BCUT2D eigenvalue weighted by molar-refractivity contribution is 6.33. The lowest BCUT2D eigenvalue weighted by Crippen LogP contribution is -2.27. The zero-order valence-electron chi connectivity index (χ0n) is 11.5. The fourth-order valence-electron chi connectivity index (χ4n) is 1.39. The average Bonchev–Trinajstić information content (AvgIpc) is 2.28. The molecule has 1 atom stereocenters. The molecule has 0 spiro atoms. The van der Waals surface area contributed by atoms with Crippen molar-refractivity contribution in [1.29, 1.82) is 0 Å². The number of halogens is 1. The van der Waals surface area contributed by atoms with Crippen LogP contribution in [0.3, 0.4) is 0 Å². The molecule has 19 heavy (non-hydrogen) atoms. The minimum atomic E-state index is -0.571. The number of amides is 1. The normalized spacial score (nSPS) is 12.4. The molecule has 0 aliphatic carbocycles. The SMILES string of the molecule is [C-]#[N+]C(C)c1ccc(Cl)c(NC(=O)OC(C)(C)C)c1. The highest BCUT2D eigenvalue weighted by atomic mass is 35.5. The molecule has 0 bridgehead atoms. The van der Waals surface area contributed by atoms with Gasteiger partial charge in [0.05, 0.1) is 10.7 Å². The van der Waals surface area contributed by atoms with Gasteiger partial charge in [0, 0.05) is 12.5 Å². The van der Waals surface area contributed by atoms with Gasteiger partial charge in [0.2, 0.25) is 6.04 Å². The first-order valence-corrected chi connectivity index (χ1v) is 6.27. The van der Waals surface area contributed by atoms with Crippen LogP contribution >= 0.6 is 11.6 Å². The molecular weight excluding hydrogens is 264 g/mol. The van der Waals surface area contributed by atoms with Crippen LogP contribution in [0.4, 0.5) is 10.5 Å². The van der Waals surface area contributed by atoms with Crippen LogP contribution in [-0.4, -0.2) is 11.7 Å². The number of rotatable bonds is 2. The second-order valence-corrected chi connectivity index (χ2v) is 5.58. The van der Waals surface area contributed by atoms with Gasteiger partial charge < -0.3 is 9.58 Å². The number of nitrogens with zero attached hydrogens (tertiary/aromatic N) is 1. The number of benzene rings is 1. The van der Waals surface area contributed by atoms with Crippen LogP contribution < -0.4 is 5.32 Å². The van der Waals surface area contributed by atoms with E-state index < -0.39 is 11.7 Å². The third-order valence-electron chi connectivity index (χ3n) is 2.30. The van der Waals surface area contributed by atoms with Crippen LogP contribution in [0.1, 0.15) is 39.3 Å². The Balaban J connectivity index is 2.89. The van der Waals surface area contributed by atoms with Crippen LogP contribution in [0, 0.1) is 6.57 Å². The molecule has 1 aromatic carbocycles. The molecule has 0 aliphatic rings. The van der Waals surface area contributed by atoms with Crippen molar-refractivity contribution in [3.05, 3.63) is 40.2 Å². The van der Waals surface area contributed by atoms with E-state index in [2.05, 4.69) is 10.2 Å². The van der Waals surface area contributed by atoms with E-state index in [1.54, 1.807) is 45.9 Å². The van der Waals surface area contributed by atoms with Gasteiger partial charge in [-0.05, 0) is 39.0 Å². The molecule has 1 unspecified atom stereocenters. The van der Waals surface area contributed by atoms with Crippen LogP contribution in [0.25, 0.3) is 4.85 Å². The summed E-state index contributed by atoms with van der Waals surface area (Å²) >= 11 is 6.01. The predicted molar refractivity (Wildman–Crippen MR) is 76.3 cm³/mol. The standard InChI is InChI=1S/C14H17ClN2O2/c1-9(16-5)10-6-7-11(15)12(8-10)17-13(18)19-14(2,3)4/h6-9H,1-4H3,(H,17,18). The molecule has 0 radical (unpaired) electrons. The smallest absolute Gasteiger partial charge is 0.412 e. The van der Waals surface area contributed by atoms with Crippen LogP contribution in [0.2, 0.25) is 5.02 Å². The molecule has 0 fully saturated rings. The Morgan fingerprint density at radius 1 is 1.47 bits per heavy atom. The zero-order chi connectivity index (χ0) is 14.6. The summed E-state index contributed by atoms with van der Waals surface area (Å²) in [6, 6.07) is 4.84. The van der Waals surface area contributed by atoms with E-state index in [0.717, 1.165) is 5.56 Å². The summed E-state index contributed by atoms with van der Waals surface area (Å²) in [5.74, 6) is 0. The summed E-state index contributed by atoms with van der Waals surface area (Å²) < 4.78 is 5.15. The number of anilines is 1. The second kappa shape index (κ2) is 5.94. The van der Waals surface area contributed by atoms with E-state index >= 15 is 0 Å². The Morgan fingerprint density at radius 2 is 2.11 bits per heavy atom. The van der Waals surface area contributed by atoms with E-state index in [0.29, 0.717) is 10.7 Å². The van der Waals surface area contributed by atoms with E-state index in [4.69, 9.17) is 22.9 Å². The van der Waals surface area contributed by atoms with Crippen LogP contribution in [0.15, 0.2) is 18.2 Å². The quantitative estimate of drug-likeness (QED) is 0.800. The van der Waals surface area contributed by atoms with Gasteiger partial charge in [-0.25, -0.2) is 11.4 Å². The summed E-state index contributed by atoms with van der Waals surface area (Å²) in [5, 5.41) is 3.00. The Bertz CT molecular complexity index is 515. The first kappa shape index (κ1) is 15.3. The summed E-state index contributed by atoms with van der Waals surface area (Å²) in [6.07, 6.45) is -0.568. The maximum atomic E-state index is 11.7. The number of hydrogen-bond donors (Lipinski definition) is 1. The van der Waals surface area contributed by atoms with Crippen molar-refractivity contribution >= 4 is 23.4 Å². The maximum Gasteiger partial charge on any atom is 0.412 e. The Kier molecular flexibility index (Phi) is 4.79. The van der Waals surface area contributed by atoms with Crippen LogP contribution in [-0.2, 0) is 4.74 Å². The Labute approximate surface area is 118 Å². The summed E-state index contributed by atoms with van der Waals surface area (Å²) in [6.45, 7) is 14.1. The second-order valence-electron chi connectivity index (χ2n) is 5.17. The minimum Gasteiger partial charge on any atom is -0.444 e. The average molecular weight is 281 g/mol. The topological polar surface area (TPSA) is 42.7 Å². The van der Waals surface area contributed by atoms with Crippen molar-refractivity contribution < 1.29 is 9.53 Å². The van der Waals surface area contributed by atoms with E-state index in [1.807, 2.05) is 0 Å². The van der Waals surface area contributed by atoms with Gasteiger partial charge in [0.25, 0.3) is 0 Å². The third-order valence-corrected chi connectivity index (χ3v) is 2.63. The molecule has 1 rings (SSSR count). The molecular formula is C14H17ClN2O2. The molecule has 102 valence electrons. The van der Waals surface area contributed by atoms with E-state index in [9.17, 15) is 4.79 Å². The van der Waals surface area contributed by atoms with E-state index in [-0.39, 0.29) is 6.04 Å². The number of hydrogen-bond acceptors (Lipinski definition) is 2. The van der Waals surface area contributed by atoms with Gasteiger partial charge in [-0.15, -0.1) is 0 Å². The van der Waals surface area contributed by atoms with E-state index in [1.165, 1.54) is 0 Å². The van der Waals surface area contributed by atoms with Gasteiger partial charge in [-0.1, -0.05) is 11.6 Å². The molecule has 0 heterocycles. The first-order valence-electron chi connectivity index (χ1n) is 5.89. The largest absolute Gasteiger partial charge is 0.444 e. The summed E-state index contributed by atoms with van der Waals surface area (Å²) in [4.78, 5) is 15.1. The highest BCUT2D eigenvalue weighted by Crippen LogP contribution is 2.27. The number of nitrogens with one attached hydrogen (secondary N) is 1. The molecule has 4 nitrogen and oxygen atoms in total. The lowest BCUT2D eigenvalue weighted by Gasteiger charge is -2.20. The highest BCUT2D eigenvalue weighted by Gasteiger charge is 2.18. The van der Waals surface area contributed by atoms with Crippen molar-refractivity contribution in [2.75, 3.05) is 5.32 Å². The fraction of sp³-hybridized carbons (Fsp3) is 0.429. The molecule has 0 saturated heterocycles. The van der Waals surface area contributed by atoms with Crippen molar-refractivity contribution in [3.8, 4) is 0 Å². The molecule has 0 aliphatic heterocycles. The number of carbonyl (C=O) groups excluding carboxylic acids is 1. The predicted octanol–water partition coefficient (Wildman–Crippen LogP) is 4.67. The number of ether oxygens (including phenoxy) is 1. The first-order chi connectivity index (χ1) is 8.73. The minimum absolute atomic E-state index is 0.281. The Morgan fingerprint density at radius 3 is 2.63 bits per heavy atom. The molecule has 1 N–H and O–H groups in total. The summed E-state index contributed by atoms with van der Waals surface area (Å²) in [5.41, 5.74) is 0.673. The van der Waals surface area contributed by atoms with Crippen molar-refractivity contribution in [3.63, 3.8) is 0 Å². The molecule has 1 aromatic rings. The fourth-order valence-corrected chi connectivity index (χ4v) is 1.55. The van der Waals surface area contributed by atoms with Gasteiger partial charge >= 0.3 is 6.09 Å².